The van der Waals surface area contributed by atoms with Crippen LogP contribution in [0.25, 0.3) is 0 Å². The van der Waals surface area contributed by atoms with E-state index in [1.807, 2.05) is 77.7 Å². The minimum absolute atomic E-state index is 0.0532. The Labute approximate surface area is 213 Å². The van der Waals surface area contributed by atoms with Crippen molar-refractivity contribution in [1.29, 1.82) is 0 Å². The number of hydrogen-bond acceptors (Lipinski definition) is 4. The molecule has 6 heteroatoms. The molecule has 3 aromatic rings. The Morgan fingerprint density at radius 2 is 1.58 bits per heavy atom. The van der Waals surface area contributed by atoms with Gasteiger partial charge in [0.15, 0.2) is 6.61 Å². The lowest BCUT2D eigenvalue weighted by molar-refractivity contribution is -0.137. The van der Waals surface area contributed by atoms with Gasteiger partial charge in [-0.15, -0.1) is 0 Å². The number of amides is 2. The van der Waals surface area contributed by atoms with E-state index in [1.165, 1.54) is 6.42 Å². The van der Waals surface area contributed by atoms with Crippen LogP contribution in [0, 0.1) is 5.92 Å². The second-order valence-electron chi connectivity index (χ2n) is 9.36. The maximum Gasteiger partial charge on any atom is 0.262 e. The van der Waals surface area contributed by atoms with E-state index < -0.39 is 0 Å². The van der Waals surface area contributed by atoms with Crippen LogP contribution in [0.1, 0.15) is 48.8 Å². The van der Waals surface area contributed by atoms with Gasteiger partial charge < -0.3 is 20.7 Å². The highest BCUT2D eigenvalue weighted by atomic mass is 16.5. The first-order chi connectivity index (χ1) is 17.6. The normalized spacial score (nSPS) is 13.7. The molecule has 0 aliphatic heterocycles. The van der Waals surface area contributed by atoms with Crippen LogP contribution in [0.4, 0.5) is 5.69 Å². The lowest BCUT2D eigenvalue weighted by Gasteiger charge is -2.30. The van der Waals surface area contributed by atoms with Crippen molar-refractivity contribution >= 4 is 17.5 Å². The second kappa shape index (κ2) is 12.9. The molecule has 188 valence electrons. The highest BCUT2D eigenvalue weighted by molar-refractivity contribution is 5.92. The minimum Gasteiger partial charge on any atom is -0.484 e. The van der Waals surface area contributed by atoms with Gasteiger partial charge in [0.1, 0.15) is 5.75 Å². The first-order valence-corrected chi connectivity index (χ1v) is 12.7. The van der Waals surface area contributed by atoms with E-state index in [0.29, 0.717) is 31.1 Å². The maximum atomic E-state index is 13.6. The van der Waals surface area contributed by atoms with Crippen LogP contribution in [0.5, 0.6) is 5.75 Å². The van der Waals surface area contributed by atoms with Crippen molar-refractivity contribution < 1.29 is 14.3 Å². The maximum absolute atomic E-state index is 13.6. The molecule has 36 heavy (non-hydrogen) atoms. The fraction of sp³-hybridized carbons (Fsp3) is 0.333. The summed E-state index contributed by atoms with van der Waals surface area (Å²) in [4.78, 5) is 28.2. The van der Waals surface area contributed by atoms with E-state index >= 15 is 0 Å². The lowest BCUT2D eigenvalue weighted by atomic mass is 9.88. The van der Waals surface area contributed by atoms with Gasteiger partial charge >= 0.3 is 0 Å². The summed E-state index contributed by atoms with van der Waals surface area (Å²) in [5.74, 6) is 0.635. The Morgan fingerprint density at radius 1 is 0.861 bits per heavy atom. The summed E-state index contributed by atoms with van der Waals surface area (Å²) in [6.07, 6.45) is 5.27. The predicted octanol–water partition coefficient (Wildman–Crippen LogP) is 5.27. The van der Waals surface area contributed by atoms with E-state index in [4.69, 9.17) is 10.5 Å². The predicted molar refractivity (Wildman–Crippen MR) is 142 cm³/mol. The molecule has 1 aliphatic rings. The average Bonchev–Trinajstić information content (AvgIpc) is 2.93. The number of ether oxygens (including phenoxy) is 1. The summed E-state index contributed by atoms with van der Waals surface area (Å²) < 4.78 is 5.59. The zero-order valence-electron chi connectivity index (χ0n) is 20.7. The van der Waals surface area contributed by atoms with Gasteiger partial charge in [-0.3, -0.25) is 9.59 Å². The first-order valence-electron chi connectivity index (χ1n) is 12.7. The van der Waals surface area contributed by atoms with Crippen molar-refractivity contribution in [3.63, 3.8) is 0 Å². The number of carbonyl (C=O) groups is 2. The van der Waals surface area contributed by atoms with E-state index in [9.17, 15) is 9.59 Å². The van der Waals surface area contributed by atoms with Gasteiger partial charge in [0.05, 0.1) is 0 Å². The van der Waals surface area contributed by atoms with Crippen molar-refractivity contribution in [2.24, 2.45) is 11.7 Å². The molecule has 0 heterocycles. The van der Waals surface area contributed by atoms with Gasteiger partial charge in [0.25, 0.3) is 5.91 Å². The Kier molecular flexibility index (Phi) is 9.11. The van der Waals surface area contributed by atoms with Gasteiger partial charge in [-0.05, 0) is 47.7 Å². The number of nitrogens with two attached hydrogens (primary N) is 1. The van der Waals surface area contributed by atoms with E-state index in [1.54, 1.807) is 0 Å². The van der Waals surface area contributed by atoms with Gasteiger partial charge in [-0.25, -0.2) is 0 Å². The van der Waals surface area contributed by atoms with Crippen molar-refractivity contribution in [2.45, 2.75) is 51.7 Å². The molecule has 4 rings (SSSR count). The molecule has 6 nitrogen and oxygen atoms in total. The summed E-state index contributed by atoms with van der Waals surface area (Å²) in [6.45, 7) is 1.29. The second-order valence-corrected chi connectivity index (χ2v) is 9.36. The van der Waals surface area contributed by atoms with Crippen molar-refractivity contribution in [3.05, 3.63) is 95.6 Å². The third-order valence-electron chi connectivity index (χ3n) is 6.63. The monoisotopic (exact) mass is 485 g/mol. The Balaban J connectivity index is 1.49. The Morgan fingerprint density at radius 3 is 2.36 bits per heavy atom. The molecular formula is C30H35N3O3. The highest BCUT2D eigenvalue weighted by Crippen LogP contribution is 2.28. The molecule has 0 unspecified atom stereocenters. The van der Waals surface area contributed by atoms with Crippen LogP contribution >= 0.6 is 0 Å². The van der Waals surface area contributed by atoms with Gasteiger partial charge in [0.2, 0.25) is 5.91 Å². The number of para-hydroxylation sites is 2. The zero-order valence-corrected chi connectivity index (χ0v) is 20.7. The zero-order chi connectivity index (χ0) is 25.2. The SMILES string of the molecule is NCc1cccc(CN(Cc2ccccc2NC(=O)COc2ccccc2)C(=O)C2CCCCC2)c1. The molecule has 1 fully saturated rings. The number of hydrogen-bond donors (Lipinski definition) is 2. The molecule has 0 saturated heterocycles. The third kappa shape index (κ3) is 7.18. The first kappa shape index (κ1) is 25.5. The molecule has 0 bridgehead atoms. The molecule has 2 amide bonds. The largest absolute Gasteiger partial charge is 0.484 e. The van der Waals surface area contributed by atoms with Crippen LogP contribution in [0.15, 0.2) is 78.9 Å². The van der Waals surface area contributed by atoms with Crippen LogP contribution in [-0.4, -0.2) is 23.3 Å². The fourth-order valence-corrected chi connectivity index (χ4v) is 4.73. The standard InChI is InChI=1S/C30H35N3O3/c31-19-23-10-9-11-24(18-23)20-33(30(35)25-12-3-1-4-13-25)21-26-14-7-8-17-28(26)32-29(34)22-36-27-15-5-2-6-16-27/h2,5-11,14-18,25H,1,3-4,12-13,19-22,31H2,(H,32,34). The van der Waals surface area contributed by atoms with E-state index in [0.717, 1.165) is 42.4 Å². The van der Waals surface area contributed by atoms with Gasteiger partial charge in [-0.1, -0.05) is 79.9 Å². The summed E-state index contributed by atoms with van der Waals surface area (Å²) >= 11 is 0. The van der Waals surface area contributed by atoms with E-state index in [-0.39, 0.29) is 24.3 Å². The van der Waals surface area contributed by atoms with Crippen LogP contribution in [-0.2, 0) is 29.2 Å². The number of carbonyl (C=O) groups excluding carboxylic acids is 2. The van der Waals surface area contributed by atoms with E-state index in [2.05, 4.69) is 11.4 Å². The summed E-state index contributed by atoms with van der Waals surface area (Å²) in [5.41, 5.74) is 9.53. The van der Waals surface area contributed by atoms with Crippen molar-refractivity contribution in [1.82, 2.24) is 4.90 Å². The van der Waals surface area contributed by atoms with Crippen molar-refractivity contribution in [2.75, 3.05) is 11.9 Å². The quantitative estimate of drug-likeness (QED) is 0.410. The number of rotatable bonds is 10. The smallest absolute Gasteiger partial charge is 0.262 e. The minimum atomic E-state index is -0.243. The molecule has 1 saturated carbocycles. The molecule has 0 aromatic heterocycles. The third-order valence-corrected chi connectivity index (χ3v) is 6.63. The molecule has 0 spiro atoms. The number of nitrogens with zero attached hydrogens (tertiary/aromatic N) is 1. The van der Waals surface area contributed by atoms with Crippen molar-refractivity contribution in [3.8, 4) is 5.75 Å². The lowest BCUT2D eigenvalue weighted by Crippen LogP contribution is -2.36. The number of anilines is 1. The number of benzene rings is 3. The molecule has 0 atom stereocenters. The topological polar surface area (TPSA) is 84.7 Å². The summed E-state index contributed by atoms with van der Waals surface area (Å²) in [7, 11) is 0. The molecule has 0 radical (unpaired) electrons. The molecule has 3 N–H and O–H groups in total. The fourth-order valence-electron chi connectivity index (χ4n) is 4.73. The Hall–Kier alpha value is -3.64. The van der Waals surface area contributed by atoms with Gasteiger partial charge in [0, 0.05) is 31.2 Å². The van der Waals surface area contributed by atoms with Gasteiger partial charge in [-0.2, -0.15) is 0 Å². The van der Waals surface area contributed by atoms with Crippen LogP contribution < -0.4 is 15.8 Å². The Bertz CT molecular complexity index is 1140. The highest BCUT2D eigenvalue weighted by Gasteiger charge is 2.27. The number of nitrogens with one attached hydrogen (secondary N) is 1. The van der Waals surface area contributed by atoms with Crippen LogP contribution in [0.2, 0.25) is 0 Å². The molecule has 3 aromatic carbocycles. The average molecular weight is 486 g/mol. The summed E-state index contributed by atoms with van der Waals surface area (Å²) in [6, 6.07) is 25.0. The van der Waals surface area contributed by atoms with Crippen LogP contribution in [0.3, 0.4) is 0 Å². The molecule has 1 aliphatic carbocycles. The summed E-state index contributed by atoms with van der Waals surface area (Å²) in [5, 5.41) is 2.97. The molecular weight excluding hydrogens is 450 g/mol.